The second-order valence-electron chi connectivity index (χ2n) is 3.50. The summed E-state index contributed by atoms with van der Waals surface area (Å²) in [5.74, 6) is 0.873. The highest BCUT2D eigenvalue weighted by atomic mass is 32.2. The number of rotatable bonds is 5. The van der Waals surface area contributed by atoms with Crippen molar-refractivity contribution in [3.8, 4) is 0 Å². The summed E-state index contributed by atoms with van der Waals surface area (Å²) in [5.41, 5.74) is 1.12. The summed E-state index contributed by atoms with van der Waals surface area (Å²) in [6.07, 6.45) is 0. The Balaban J connectivity index is 2.95. The molecule has 1 aromatic rings. The zero-order chi connectivity index (χ0) is 11.4. The van der Waals surface area contributed by atoms with Gasteiger partial charge in [0.25, 0.3) is 0 Å². The number of aromatic carboxylic acids is 1. The van der Waals surface area contributed by atoms with Crippen LogP contribution in [0.2, 0.25) is 0 Å². The number of carboxylic acid groups (broad SMARTS) is 1. The molecule has 0 spiro atoms. The summed E-state index contributed by atoms with van der Waals surface area (Å²) in [6.45, 7) is 6.08. The Labute approximate surface area is 93.7 Å². The minimum atomic E-state index is -0.961. The fraction of sp³-hybridized carbons (Fsp3) is 0.600. The van der Waals surface area contributed by atoms with Crippen LogP contribution in [0.1, 0.15) is 43.0 Å². The van der Waals surface area contributed by atoms with Crippen LogP contribution in [0.4, 0.5) is 0 Å². The van der Waals surface area contributed by atoms with Crippen molar-refractivity contribution in [3.05, 3.63) is 17.5 Å². The Morgan fingerprint density at radius 3 is 2.80 bits per heavy atom. The standard InChI is InChI=1S/C10H16N2O2S/c1-4-15-6-8-5-9(10(13)14)11-12(8)7(2)3/h5,7H,4,6H2,1-3H3,(H,13,14). The molecular weight excluding hydrogens is 212 g/mol. The first kappa shape index (κ1) is 12.1. The van der Waals surface area contributed by atoms with Gasteiger partial charge in [0.05, 0.1) is 0 Å². The van der Waals surface area contributed by atoms with Crippen molar-refractivity contribution in [1.82, 2.24) is 9.78 Å². The normalized spacial score (nSPS) is 10.9. The maximum absolute atomic E-state index is 10.8. The first-order valence-electron chi connectivity index (χ1n) is 4.95. The maximum atomic E-state index is 10.8. The Morgan fingerprint density at radius 1 is 1.67 bits per heavy atom. The van der Waals surface area contributed by atoms with E-state index in [-0.39, 0.29) is 11.7 Å². The van der Waals surface area contributed by atoms with Crippen molar-refractivity contribution in [2.75, 3.05) is 5.75 Å². The third-order valence-electron chi connectivity index (χ3n) is 1.98. The summed E-state index contributed by atoms with van der Waals surface area (Å²) in [6, 6.07) is 1.86. The molecule has 0 aliphatic rings. The van der Waals surface area contributed by atoms with E-state index in [1.165, 1.54) is 0 Å². The topological polar surface area (TPSA) is 55.1 Å². The van der Waals surface area contributed by atoms with Gasteiger partial charge in [-0.1, -0.05) is 6.92 Å². The smallest absolute Gasteiger partial charge is 0.356 e. The van der Waals surface area contributed by atoms with Crippen LogP contribution in [0.3, 0.4) is 0 Å². The first-order chi connectivity index (χ1) is 7.06. The Morgan fingerprint density at radius 2 is 2.33 bits per heavy atom. The SMILES string of the molecule is CCSCc1cc(C(=O)O)nn1C(C)C. The zero-order valence-corrected chi connectivity index (χ0v) is 10.0. The molecule has 0 atom stereocenters. The van der Waals surface area contributed by atoms with Gasteiger partial charge in [0, 0.05) is 17.5 Å². The van der Waals surface area contributed by atoms with Gasteiger partial charge in [-0.05, 0) is 25.7 Å². The van der Waals surface area contributed by atoms with E-state index in [0.29, 0.717) is 0 Å². The number of aromatic nitrogens is 2. The summed E-state index contributed by atoms with van der Waals surface area (Å²) >= 11 is 1.76. The Bertz CT molecular complexity index is 347. The highest BCUT2D eigenvalue weighted by Crippen LogP contribution is 2.17. The van der Waals surface area contributed by atoms with Crippen LogP contribution >= 0.6 is 11.8 Å². The van der Waals surface area contributed by atoms with Crippen molar-refractivity contribution in [2.24, 2.45) is 0 Å². The number of thioether (sulfide) groups is 1. The minimum absolute atomic E-state index is 0.135. The second kappa shape index (κ2) is 5.21. The van der Waals surface area contributed by atoms with E-state index >= 15 is 0 Å². The van der Waals surface area contributed by atoms with Crippen molar-refractivity contribution < 1.29 is 9.90 Å². The van der Waals surface area contributed by atoms with E-state index in [2.05, 4.69) is 12.0 Å². The van der Waals surface area contributed by atoms with Crippen molar-refractivity contribution in [2.45, 2.75) is 32.6 Å². The van der Waals surface area contributed by atoms with Gasteiger partial charge in [-0.15, -0.1) is 0 Å². The van der Waals surface area contributed by atoms with Gasteiger partial charge < -0.3 is 5.11 Å². The molecule has 0 fully saturated rings. The average Bonchev–Trinajstić information content (AvgIpc) is 2.58. The lowest BCUT2D eigenvalue weighted by atomic mass is 10.3. The van der Waals surface area contributed by atoms with Gasteiger partial charge in [0.2, 0.25) is 0 Å². The van der Waals surface area contributed by atoms with E-state index in [1.54, 1.807) is 22.5 Å². The van der Waals surface area contributed by atoms with E-state index in [9.17, 15) is 4.79 Å². The molecule has 0 radical (unpaired) electrons. The predicted octanol–water partition coefficient (Wildman–Crippen LogP) is 2.42. The monoisotopic (exact) mass is 228 g/mol. The lowest BCUT2D eigenvalue weighted by Gasteiger charge is -2.09. The second-order valence-corrected chi connectivity index (χ2v) is 4.78. The van der Waals surface area contributed by atoms with Gasteiger partial charge in [-0.25, -0.2) is 4.79 Å². The number of carboxylic acids is 1. The maximum Gasteiger partial charge on any atom is 0.356 e. The lowest BCUT2D eigenvalue weighted by Crippen LogP contribution is -2.08. The number of hydrogen-bond acceptors (Lipinski definition) is 3. The van der Waals surface area contributed by atoms with Crippen LogP contribution in [-0.2, 0) is 5.75 Å². The fourth-order valence-electron chi connectivity index (χ4n) is 1.30. The average molecular weight is 228 g/mol. The van der Waals surface area contributed by atoms with Crippen molar-refractivity contribution >= 4 is 17.7 Å². The molecule has 0 unspecified atom stereocenters. The van der Waals surface area contributed by atoms with Crippen molar-refractivity contribution in [3.63, 3.8) is 0 Å². The largest absolute Gasteiger partial charge is 0.476 e. The fourth-order valence-corrected chi connectivity index (χ4v) is 1.93. The van der Waals surface area contributed by atoms with Crippen LogP contribution < -0.4 is 0 Å². The summed E-state index contributed by atoms with van der Waals surface area (Å²) in [5, 5.41) is 12.9. The van der Waals surface area contributed by atoms with E-state index in [4.69, 9.17) is 5.11 Å². The van der Waals surface area contributed by atoms with Crippen LogP contribution in [-0.4, -0.2) is 26.6 Å². The highest BCUT2D eigenvalue weighted by Gasteiger charge is 2.14. The van der Waals surface area contributed by atoms with Crippen LogP contribution in [0, 0.1) is 0 Å². The third kappa shape index (κ3) is 2.99. The molecule has 1 rings (SSSR count). The molecule has 0 saturated carbocycles. The molecule has 1 heterocycles. The molecule has 0 bridgehead atoms. The van der Waals surface area contributed by atoms with Crippen LogP contribution in [0.25, 0.3) is 0 Å². The summed E-state index contributed by atoms with van der Waals surface area (Å²) < 4.78 is 1.78. The Hall–Kier alpha value is -0.970. The molecular formula is C10H16N2O2S. The molecule has 4 nitrogen and oxygen atoms in total. The number of nitrogens with zero attached hydrogens (tertiary/aromatic N) is 2. The predicted molar refractivity (Wildman–Crippen MR) is 61.4 cm³/mol. The molecule has 1 N–H and O–H groups in total. The molecule has 0 aliphatic heterocycles. The van der Waals surface area contributed by atoms with Gasteiger partial charge in [0.1, 0.15) is 0 Å². The molecule has 0 aromatic carbocycles. The van der Waals surface area contributed by atoms with E-state index < -0.39 is 5.97 Å². The number of carbonyl (C=O) groups is 1. The molecule has 84 valence electrons. The van der Waals surface area contributed by atoms with E-state index in [1.807, 2.05) is 13.8 Å². The quantitative estimate of drug-likeness (QED) is 0.840. The zero-order valence-electron chi connectivity index (χ0n) is 9.23. The molecule has 5 heteroatoms. The third-order valence-corrected chi connectivity index (χ3v) is 2.88. The van der Waals surface area contributed by atoms with Gasteiger partial charge in [0.15, 0.2) is 5.69 Å². The van der Waals surface area contributed by atoms with Crippen LogP contribution in [0.5, 0.6) is 0 Å². The molecule has 15 heavy (non-hydrogen) atoms. The minimum Gasteiger partial charge on any atom is -0.476 e. The number of hydrogen-bond donors (Lipinski definition) is 1. The first-order valence-corrected chi connectivity index (χ1v) is 6.11. The van der Waals surface area contributed by atoms with Gasteiger partial charge in [-0.3, -0.25) is 4.68 Å². The van der Waals surface area contributed by atoms with Gasteiger partial charge >= 0.3 is 5.97 Å². The van der Waals surface area contributed by atoms with Crippen molar-refractivity contribution in [1.29, 1.82) is 0 Å². The molecule has 0 amide bonds. The van der Waals surface area contributed by atoms with Gasteiger partial charge in [-0.2, -0.15) is 16.9 Å². The summed E-state index contributed by atoms with van der Waals surface area (Å²) in [7, 11) is 0. The summed E-state index contributed by atoms with van der Waals surface area (Å²) in [4.78, 5) is 10.8. The highest BCUT2D eigenvalue weighted by molar-refractivity contribution is 7.98. The lowest BCUT2D eigenvalue weighted by molar-refractivity contribution is 0.0689. The Kier molecular flexibility index (Phi) is 4.20. The van der Waals surface area contributed by atoms with Crippen LogP contribution in [0.15, 0.2) is 6.07 Å². The molecule has 0 saturated heterocycles. The van der Waals surface area contributed by atoms with E-state index in [0.717, 1.165) is 17.2 Å². The molecule has 1 aromatic heterocycles. The molecule has 0 aliphatic carbocycles.